The molecule has 556 valence electrons. The van der Waals surface area contributed by atoms with Crippen molar-refractivity contribution in [2.75, 3.05) is 15.1 Å². The van der Waals surface area contributed by atoms with Crippen molar-refractivity contribution in [1.29, 1.82) is 0 Å². The maximum Gasteiger partial charge on any atom is 0.159 e. The fraction of sp³-hybridized carbons (Fsp3) is 0.0841. The summed E-state index contributed by atoms with van der Waals surface area (Å²) in [5.41, 5.74) is 17.5. The van der Waals surface area contributed by atoms with Gasteiger partial charge >= 0.3 is 0 Å². The van der Waals surface area contributed by atoms with Crippen molar-refractivity contribution >= 4 is 240 Å². The zero-order chi connectivity index (χ0) is 75.9. The van der Waals surface area contributed by atoms with Crippen molar-refractivity contribution in [2.45, 2.75) is 61.3 Å². The molecule has 0 bridgehead atoms. The lowest BCUT2D eigenvalue weighted by Crippen LogP contribution is -2.11. The standard InChI is InChI=1S/C66H48N2O2.C23H17NO.C16H8Br2.2CH4/c1-39(2)53-37-43-17-11-13-23-47(43)61-51-25-15-27-57(63(51)69-65(53)61)67(45-19-7-5-8-20-45)55-35-31-41-30-34-50-56(36-32-42-29-33-49(55)59(41)60(42)50)68(46-21-9-6-10-22-46)58-28-16-26-52-62-48-24-14-12-18-44(48)38-54(40(3)4)66(62)70-64(52)58;1-15-14-16-8-5-6-11-18(16)21-19-12-7-13-20(23(19)25-22(15)21)24-17-9-3-2-4-10-17;17-13-8-4-10-2-6-12-14(18)7-3-9-1-5-11(13)16(10)15(9)12;;/h5-40H,1-4H3;2-14,24H,1H3;1-8H;2*1H4. The van der Waals surface area contributed by atoms with E-state index in [0.29, 0.717) is 0 Å². The number of halogens is 2. The van der Waals surface area contributed by atoms with Crippen LogP contribution in [0.25, 0.3) is 163 Å². The van der Waals surface area contributed by atoms with Crippen LogP contribution in [0.4, 0.5) is 45.5 Å². The molecule has 23 rings (SSSR count). The van der Waals surface area contributed by atoms with Crippen molar-refractivity contribution in [3.8, 4) is 0 Å². The maximum atomic E-state index is 7.19. The van der Waals surface area contributed by atoms with Gasteiger partial charge in [0.05, 0.1) is 28.4 Å². The summed E-state index contributed by atoms with van der Waals surface area (Å²) in [6.07, 6.45) is 0. The van der Waals surface area contributed by atoms with E-state index in [2.05, 4.69) is 397 Å². The Balaban J connectivity index is 0.000000158. The first-order valence-corrected chi connectivity index (χ1v) is 40.4. The molecule has 0 saturated carbocycles. The fourth-order valence-corrected chi connectivity index (χ4v) is 18.9. The molecule has 0 unspecified atom stereocenters. The molecule has 1 N–H and O–H groups in total. The Morgan fingerprint density at radius 1 is 0.261 bits per heavy atom. The van der Waals surface area contributed by atoms with Gasteiger partial charge < -0.3 is 28.4 Å². The molecule has 0 aliphatic heterocycles. The zero-order valence-corrected chi connectivity index (χ0v) is 66.0. The number of rotatable bonds is 10. The van der Waals surface area contributed by atoms with Crippen LogP contribution in [-0.4, -0.2) is 0 Å². The van der Waals surface area contributed by atoms with E-state index in [0.717, 1.165) is 120 Å². The minimum absolute atomic E-state index is 0. The van der Waals surface area contributed by atoms with Gasteiger partial charge in [-0.1, -0.05) is 311 Å². The van der Waals surface area contributed by atoms with E-state index in [-0.39, 0.29) is 26.7 Å². The Labute approximate surface area is 684 Å². The number of nitrogens with one attached hydrogen (secondary N) is 1. The quantitative estimate of drug-likeness (QED) is 0.138. The first kappa shape index (κ1) is 72.3. The molecule has 3 heterocycles. The molecule has 0 radical (unpaired) electrons. The summed E-state index contributed by atoms with van der Waals surface area (Å²) in [4.78, 5) is 4.81. The lowest BCUT2D eigenvalue weighted by Gasteiger charge is -2.29. The molecule has 0 aliphatic carbocycles. The van der Waals surface area contributed by atoms with Crippen LogP contribution in [0.3, 0.4) is 0 Å². The summed E-state index contributed by atoms with van der Waals surface area (Å²) in [7, 11) is 0. The summed E-state index contributed by atoms with van der Waals surface area (Å²) in [6, 6.07) is 120. The number of hydrogen-bond acceptors (Lipinski definition) is 6. The predicted octanol–water partition coefficient (Wildman–Crippen LogP) is 34.0. The van der Waals surface area contributed by atoms with Crippen LogP contribution in [0.2, 0.25) is 0 Å². The normalized spacial score (nSPS) is 11.8. The number of aryl methyl sites for hydroxylation is 1. The van der Waals surface area contributed by atoms with Crippen LogP contribution in [0, 0.1) is 6.92 Å². The second-order valence-electron chi connectivity index (χ2n) is 30.4. The van der Waals surface area contributed by atoms with E-state index < -0.39 is 0 Å². The Kier molecular flexibility index (Phi) is 18.2. The molecule has 6 nitrogen and oxygen atoms in total. The van der Waals surface area contributed by atoms with E-state index in [1.54, 1.807) is 0 Å². The zero-order valence-electron chi connectivity index (χ0n) is 62.8. The summed E-state index contributed by atoms with van der Waals surface area (Å²) < 4.78 is 23.0. The highest BCUT2D eigenvalue weighted by molar-refractivity contribution is 9.11. The smallest absolute Gasteiger partial charge is 0.159 e. The van der Waals surface area contributed by atoms with Gasteiger partial charge in [0, 0.05) is 69.1 Å². The van der Waals surface area contributed by atoms with Crippen LogP contribution in [-0.2, 0) is 0 Å². The Morgan fingerprint density at radius 3 is 1.04 bits per heavy atom. The van der Waals surface area contributed by atoms with Crippen molar-refractivity contribution in [1.82, 2.24) is 0 Å². The number of para-hydroxylation sites is 6. The van der Waals surface area contributed by atoms with E-state index in [1.165, 1.54) is 113 Å². The number of anilines is 8. The molecular formula is C107H81Br2N3O3. The first-order valence-electron chi connectivity index (χ1n) is 38.8. The van der Waals surface area contributed by atoms with Crippen LogP contribution >= 0.6 is 31.9 Å². The minimum atomic E-state index is 0. The fourth-order valence-electron chi connectivity index (χ4n) is 18.0. The average molecular weight is 1620 g/mol. The lowest BCUT2D eigenvalue weighted by atomic mass is 9.91. The monoisotopic (exact) mass is 1610 g/mol. The highest BCUT2D eigenvalue weighted by Crippen LogP contribution is 2.53. The third-order valence-electron chi connectivity index (χ3n) is 23.1. The molecule has 3 aromatic heterocycles. The Hall–Kier alpha value is -13.0. The van der Waals surface area contributed by atoms with Crippen molar-refractivity contribution < 1.29 is 13.3 Å². The van der Waals surface area contributed by atoms with Gasteiger partial charge in [-0.2, -0.15) is 0 Å². The largest absolute Gasteiger partial charge is 0.454 e. The summed E-state index contributed by atoms with van der Waals surface area (Å²) in [5, 5.41) is 32.8. The second kappa shape index (κ2) is 28.9. The molecule has 0 aliphatic rings. The average Bonchev–Trinajstić information content (AvgIpc) is 1.72. The topological polar surface area (TPSA) is 57.9 Å². The van der Waals surface area contributed by atoms with Crippen molar-refractivity contribution in [3.63, 3.8) is 0 Å². The molecule has 0 amide bonds. The highest BCUT2D eigenvalue weighted by Gasteiger charge is 2.29. The predicted molar refractivity (Wildman–Crippen MR) is 502 cm³/mol. The lowest BCUT2D eigenvalue weighted by molar-refractivity contribution is 0.657. The third kappa shape index (κ3) is 11.8. The van der Waals surface area contributed by atoms with Crippen LogP contribution in [0.1, 0.15) is 71.1 Å². The summed E-state index contributed by atoms with van der Waals surface area (Å²) in [5.74, 6) is 0.567. The van der Waals surface area contributed by atoms with Gasteiger partial charge in [-0.05, 0) is 219 Å². The highest BCUT2D eigenvalue weighted by atomic mass is 79.9. The third-order valence-corrected chi connectivity index (χ3v) is 24.5. The number of nitrogens with zero attached hydrogens (tertiary/aromatic N) is 2. The number of furan rings is 3. The Morgan fingerprint density at radius 2 is 0.600 bits per heavy atom. The van der Waals surface area contributed by atoms with Gasteiger partial charge in [0.1, 0.15) is 16.7 Å². The Bertz CT molecular complexity index is 7360. The number of hydrogen-bond donors (Lipinski definition) is 1. The van der Waals surface area contributed by atoms with Crippen molar-refractivity contribution in [3.05, 3.63) is 359 Å². The van der Waals surface area contributed by atoms with Crippen LogP contribution in [0.5, 0.6) is 0 Å². The van der Waals surface area contributed by atoms with E-state index in [1.807, 2.05) is 18.2 Å². The van der Waals surface area contributed by atoms with E-state index >= 15 is 0 Å². The van der Waals surface area contributed by atoms with E-state index in [4.69, 9.17) is 13.3 Å². The molecule has 0 fully saturated rings. The number of fused-ring (bicyclic) bond motifs is 15. The molecule has 23 aromatic rings. The van der Waals surface area contributed by atoms with E-state index in [9.17, 15) is 0 Å². The van der Waals surface area contributed by atoms with Crippen LogP contribution < -0.4 is 15.1 Å². The van der Waals surface area contributed by atoms with Gasteiger partial charge in [-0.3, -0.25) is 0 Å². The molecule has 115 heavy (non-hydrogen) atoms. The molecular weight excluding hydrogens is 1540 g/mol. The summed E-state index contributed by atoms with van der Waals surface area (Å²) >= 11 is 7.30. The van der Waals surface area contributed by atoms with Gasteiger partial charge in [0.25, 0.3) is 0 Å². The van der Waals surface area contributed by atoms with Gasteiger partial charge in [0.2, 0.25) is 0 Å². The minimum Gasteiger partial charge on any atom is -0.454 e. The SMILES string of the molecule is Brc1ccc2ccc3c(Br)ccc4ccc1c2c43.C.C.CC(C)c1cc2ccccc2c2c1oc1c(N(c3ccccc3)c3ccc4ccc5c(N(c6ccccc6)c6cccc7c6oc6c(C(C)C)cc8ccccc8c67)ccc6ccc3c4c65)cccc12.Cc1cc2ccccc2c2c1oc1c(Nc3ccccc3)cccc12. The number of benzene rings is 20. The molecule has 8 heteroatoms. The van der Waals surface area contributed by atoms with Gasteiger partial charge in [-0.25, -0.2) is 0 Å². The maximum absolute atomic E-state index is 7.19. The molecule has 0 saturated heterocycles. The molecule has 0 spiro atoms. The molecule has 20 aromatic carbocycles. The molecule has 0 atom stereocenters. The summed E-state index contributed by atoms with van der Waals surface area (Å²) in [6.45, 7) is 11.1. The second-order valence-corrected chi connectivity index (χ2v) is 32.2. The van der Waals surface area contributed by atoms with Crippen LogP contribution in [0.15, 0.2) is 356 Å². The van der Waals surface area contributed by atoms with Gasteiger partial charge in [-0.15, -0.1) is 0 Å². The first-order chi connectivity index (χ1) is 55.5. The van der Waals surface area contributed by atoms with Gasteiger partial charge in [0.15, 0.2) is 16.7 Å². The van der Waals surface area contributed by atoms with Crippen molar-refractivity contribution in [2.24, 2.45) is 0 Å².